The van der Waals surface area contributed by atoms with Crippen molar-refractivity contribution < 1.29 is 0 Å². The van der Waals surface area contributed by atoms with Gasteiger partial charge in [0.15, 0.2) is 0 Å². The molecular weight excluding hydrogens is 232 g/mol. The van der Waals surface area contributed by atoms with Crippen molar-refractivity contribution in [1.29, 1.82) is 5.26 Å². The third-order valence-electron chi connectivity index (χ3n) is 4.33. The Labute approximate surface area is 116 Å². The summed E-state index contributed by atoms with van der Waals surface area (Å²) in [5.41, 5.74) is 4.17. The van der Waals surface area contributed by atoms with Gasteiger partial charge in [0.25, 0.3) is 0 Å². The van der Waals surface area contributed by atoms with Gasteiger partial charge in [-0.1, -0.05) is 18.2 Å². The standard InChI is InChI=1S/C17H24N2/c1-13-3-4-15(11-14(13)2)9-10-19-17-7-5-16(12-18)6-8-17/h3-4,11,16-17,19H,5-10H2,1-2H3. The van der Waals surface area contributed by atoms with Crippen molar-refractivity contribution in [1.82, 2.24) is 5.32 Å². The number of hydrogen-bond donors (Lipinski definition) is 1. The molecule has 2 nitrogen and oxygen atoms in total. The lowest BCUT2D eigenvalue weighted by atomic mass is 9.87. The molecule has 1 aliphatic carbocycles. The third kappa shape index (κ3) is 4.08. The highest BCUT2D eigenvalue weighted by Crippen LogP contribution is 2.23. The Morgan fingerprint density at radius 1 is 1.16 bits per heavy atom. The molecule has 1 aromatic carbocycles. The summed E-state index contributed by atoms with van der Waals surface area (Å²) in [6, 6.07) is 9.75. The number of hydrogen-bond acceptors (Lipinski definition) is 2. The zero-order valence-electron chi connectivity index (χ0n) is 12.1. The van der Waals surface area contributed by atoms with Gasteiger partial charge < -0.3 is 5.32 Å². The molecule has 1 fully saturated rings. The highest BCUT2D eigenvalue weighted by atomic mass is 14.9. The lowest BCUT2D eigenvalue weighted by molar-refractivity contribution is 0.334. The first-order valence-electron chi connectivity index (χ1n) is 7.38. The van der Waals surface area contributed by atoms with Crippen molar-refractivity contribution in [2.24, 2.45) is 5.92 Å². The first kappa shape index (κ1) is 14.1. The molecule has 0 aliphatic heterocycles. The van der Waals surface area contributed by atoms with Crippen LogP contribution in [0.2, 0.25) is 0 Å². The van der Waals surface area contributed by atoms with Gasteiger partial charge in [-0.15, -0.1) is 0 Å². The second-order valence-electron chi connectivity index (χ2n) is 5.80. The molecule has 0 unspecified atom stereocenters. The molecule has 0 aromatic heterocycles. The maximum atomic E-state index is 8.88. The van der Waals surface area contributed by atoms with Crippen molar-refractivity contribution in [2.75, 3.05) is 6.54 Å². The molecule has 1 N–H and O–H groups in total. The topological polar surface area (TPSA) is 35.8 Å². The summed E-state index contributed by atoms with van der Waals surface area (Å²) in [7, 11) is 0. The van der Waals surface area contributed by atoms with Crippen LogP contribution in [0.15, 0.2) is 18.2 Å². The van der Waals surface area contributed by atoms with Gasteiger partial charge >= 0.3 is 0 Å². The van der Waals surface area contributed by atoms with E-state index in [4.69, 9.17) is 5.26 Å². The number of nitriles is 1. The van der Waals surface area contributed by atoms with E-state index in [-0.39, 0.29) is 0 Å². The van der Waals surface area contributed by atoms with Crippen LogP contribution in [0.1, 0.15) is 42.4 Å². The second kappa shape index (κ2) is 6.73. The van der Waals surface area contributed by atoms with E-state index in [9.17, 15) is 0 Å². The normalized spacial score (nSPS) is 23.0. The van der Waals surface area contributed by atoms with Crippen LogP contribution in [-0.4, -0.2) is 12.6 Å². The number of rotatable bonds is 4. The molecule has 0 saturated heterocycles. The minimum absolute atomic E-state index is 0.304. The van der Waals surface area contributed by atoms with E-state index < -0.39 is 0 Å². The van der Waals surface area contributed by atoms with Crippen molar-refractivity contribution in [2.45, 2.75) is 52.0 Å². The van der Waals surface area contributed by atoms with E-state index in [0.717, 1.165) is 38.6 Å². The lowest BCUT2D eigenvalue weighted by Crippen LogP contribution is -2.34. The zero-order chi connectivity index (χ0) is 13.7. The molecule has 0 amide bonds. The van der Waals surface area contributed by atoms with Crippen LogP contribution in [0.25, 0.3) is 0 Å². The van der Waals surface area contributed by atoms with Gasteiger partial charge in [0.1, 0.15) is 0 Å². The van der Waals surface area contributed by atoms with Crippen molar-refractivity contribution >= 4 is 0 Å². The number of benzene rings is 1. The van der Waals surface area contributed by atoms with E-state index in [1.54, 1.807) is 0 Å². The van der Waals surface area contributed by atoms with Crippen LogP contribution in [0.4, 0.5) is 0 Å². The lowest BCUT2D eigenvalue weighted by Gasteiger charge is -2.25. The van der Waals surface area contributed by atoms with Crippen LogP contribution in [0.3, 0.4) is 0 Å². The average molecular weight is 256 g/mol. The van der Waals surface area contributed by atoms with Crippen molar-refractivity contribution in [3.63, 3.8) is 0 Å². The molecule has 1 saturated carbocycles. The van der Waals surface area contributed by atoms with E-state index >= 15 is 0 Å². The van der Waals surface area contributed by atoms with Gasteiger partial charge in [-0.25, -0.2) is 0 Å². The largest absolute Gasteiger partial charge is 0.314 e. The van der Waals surface area contributed by atoms with Gasteiger partial charge in [-0.3, -0.25) is 0 Å². The molecule has 2 heteroatoms. The van der Waals surface area contributed by atoms with Crippen LogP contribution in [0.5, 0.6) is 0 Å². The number of aryl methyl sites for hydroxylation is 2. The highest BCUT2D eigenvalue weighted by Gasteiger charge is 2.19. The Balaban J connectivity index is 1.72. The molecule has 2 rings (SSSR count). The van der Waals surface area contributed by atoms with Crippen molar-refractivity contribution in [3.8, 4) is 6.07 Å². The zero-order valence-corrected chi connectivity index (χ0v) is 12.1. The predicted molar refractivity (Wildman–Crippen MR) is 79.0 cm³/mol. The maximum Gasteiger partial charge on any atom is 0.0655 e. The van der Waals surface area contributed by atoms with E-state index in [1.807, 2.05) is 0 Å². The quantitative estimate of drug-likeness (QED) is 0.894. The second-order valence-corrected chi connectivity index (χ2v) is 5.80. The summed E-state index contributed by atoms with van der Waals surface area (Å²) >= 11 is 0. The van der Waals surface area contributed by atoms with Crippen molar-refractivity contribution in [3.05, 3.63) is 34.9 Å². The summed E-state index contributed by atoms with van der Waals surface area (Å²) in [5, 5.41) is 12.5. The van der Waals surface area contributed by atoms with Crippen LogP contribution in [0, 0.1) is 31.1 Å². The first-order valence-corrected chi connectivity index (χ1v) is 7.38. The molecule has 0 spiro atoms. The van der Waals surface area contributed by atoms with Crippen LogP contribution < -0.4 is 5.32 Å². The average Bonchev–Trinajstić information content (AvgIpc) is 2.43. The maximum absolute atomic E-state index is 8.88. The Hall–Kier alpha value is -1.33. The molecule has 0 heterocycles. The number of nitrogens with one attached hydrogen (secondary N) is 1. The number of nitrogens with zero attached hydrogens (tertiary/aromatic N) is 1. The summed E-state index contributed by atoms with van der Waals surface area (Å²) in [6.07, 6.45) is 5.55. The van der Waals surface area contributed by atoms with E-state index in [1.165, 1.54) is 16.7 Å². The molecule has 102 valence electrons. The Bertz CT molecular complexity index is 451. The van der Waals surface area contributed by atoms with Gasteiger partial charge in [0.05, 0.1) is 6.07 Å². The smallest absolute Gasteiger partial charge is 0.0655 e. The molecule has 0 bridgehead atoms. The first-order chi connectivity index (χ1) is 9.19. The molecule has 0 atom stereocenters. The molecule has 1 aliphatic rings. The Morgan fingerprint density at radius 3 is 2.53 bits per heavy atom. The fourth-order valence-corrected chi connectivity index (χ4v) is 2.81. The summed E-state index contributed by atoms with van der Waals surface area (Å²) < 4.78 is 0. The molecule has 1 aromatic rings. The van der Waals surface area contributed by atoms with Crippen LogP contribution in [-0.2, 0) is 6.42 Å². The molecule has 0 radical (unpaired) electrons. The van der Waals surface area contributed by atoms with Crippen LogP contribution >= 0.6 is 0 Å². The minimum Gasteiger partial charge on any atom is -0.314 e. The SMILES string of the molecule is Cc1ccc(CCNC2CCC(C#N)CC2)cc1C. The van der Waals surface area contributed by atoms with E-state index in [2.05, 4.69) is 43.4 Å². The summed E-state index contributed by atoms with van der Waals surface area (Å²) in [6.45, 7) is 5.38. The summed E-state index contributed by atoms with van der Waals surface area (Å²) in [5.74, 6) is 0.304. The van der Waals surface area contributed by atoms with Gasteiger partial charge in [0.2, 0.25) is 0 Å². The van der Waals surface area contributed by atoms with E-state index in [0.29, 0.717) is 12.0 Å². The van der Waals surface area contributed by atoms with Gasteiger partial charge in [0, 0.05) is 12.0 Å². The third-order valence-corrected chi connectivity index (χ3v) is 4.33. The summed E-state index contributed by atoms with van der Waals surface area (Å²) in [4.78, 5) is 0. The monoisotopic (exact) mass is 256 g/mol. The van der Waals surface area contributed by atoms with Gasteiger partial charge in [-0.2, -0.15) is 5.26 Å². The minimum atomic E-state index is 0.304. The Morgan fingerprint density at radius 2 is 1.89 bits per heavy atom. The predicted octanol–water partition coefficient (Wildman–Crippen LogP) is 3.52. The highest BCUT2D eigenvalue weighted by molar-refractivity contribution is 5.30. The molecular formula is C17H24N2. The Kier molecular flexibility index (Phi) is 4.99. The fraction of sp³-hybridized carbons (Fsp3) is 0.588. The molecule has 19 heavy (non-hydrogen) atoms. The fourth-order valence-electron chi connectivity index (χ4n) is 2.81. The van der Waals surface area contributed by atoms with Gasteiger partial charge in [-0.05, 0) is 69.2 Å².